The van der Waals surface area contributed by atoms with E-state index in [0.29, 0.717) is 0 Å². The van der Waals surface area contributed by atoms with E-state index in [2.05, 4.69) is 41.5 Å². The molecule has 0 aromatic heterocycles. The van der Waals surface area contributed by atoms with Crippen LogP contribution in [0.5, 0.6) is 0 Å². The van der Waals surface area contributed by atoms with Gasteiger partial charge in [-0.2, -0.15) is 0 Å². The van der Waals surface area contributed by atoms with Crippen LogP contribution >= 0.6 is 0 Å². The van der Waals surface area contributed by atoms with Crippen LogP contribution in [0.15, 0.2) is 24.3 Å². The van der Waals surface area contributed by atoms with Crippen molar-refractivity contribution < 1.29 is 0 Å². The number of rotatable bonds is 0. The zero-order valence-electron chi connectivity index (χ0n) is 8.03. The van der Waals surface area contributed by atoms with E-state index in [1.54, 1.807) is 0 Å². The molecule has 2 nitrogen and oxygen atoms in total. The second kappa shape index (κ2) is 3.79. The molecule has 1 aliphatic rings. The highest BCUT2D eigenvalue weighted by molar-refractivity contribution is 5.44. The zero-order chi connectivity index (χ0) is 9.10. The Bertz CT molecular complexity index is 283. The molecule has 1 aromatic carbocycles. The molecule has 0 saturated heterocycles. The normalized spacial score (nSPS) is 18.2. The number of nitrogens with zero attached hydrogens (tertiary/aromatic N) is 2. The van der Waals surface area contributed by atoms with E-state index >= 15 is 0 Å². The first-order valence-electron chi connectivity index (χ1n) is 4.80. The highest BCUT2D eigenvalue weighted by atomic mass is 15.1. The third kappa shape index (κ3) is 2.01. The first-order chi connectivity index (χ1) is 6.36. The summed E-state index contributed by atoms with van der Waals surface area (Å²) in [7, 11) is 2.17. The predicted molar refractivity (Wildman–Crippen MR) is 54.1 cm³/mol. The summed E-state index contributed by atoms with van der Waals surface area (Å²) in [6.07, 6.45) is 1.17. The van der Waals surface area contributed by atoms with Gasteiger partial charge < -0.3 is 4.90 Å². The van der Waals surface area contributed by atoms with Crippen molar-refractivity contribution in [2.75, 3.05) is 20.1 Å². The predicted octanol–water partition coefficient (Wildman–Crippen LogP) is 1.76. The van der Waals surface area contributed by atoms with E-state index in [-0.39, 0.29) is 0 Å². The van der Waals surface area contributed by atoms with Crippen LogP contribution in [-0.4, -0.2) is 25.0 Å². The summed E-state index contributed by atoms with van der Waals surface area (Å²) in [5, 5.41) is 4.55. The van der Waals surface area contributed by atoms with Gasteiger partial charge in [0, 0.05) is 13.1 Å². The van der Waals surface area contributed by atoms with Crippen molar-refractivity contribution in [3.8, 4) is 0 Å². The molecule has 1 heterocycles. The quantitative estimate of drug-likeness (QED) is 0.587. The van der Waals surface area contributed by atoms with Crippen molar-refractivity contribution in [2.45, 2.75) is 13.0 Å². The molecule has 13 heavy (non-hydrogen) atoms. The van der Waals surface area contributed by atoms with Crippen LogP contribution in [0.1, 0.15) is 12.0 Å². The Balaban J connectivity index is 2.25. The molecular formula is C11H15N2. The Kier molecular flexibility index (Phi) is 2.50. The smallest absolute Gasteiger partial charge is 0.0619 e. The summed E-state index contributed by atoms with van der Waals surface area (Å²) in [4.78, 5) is 2.35. The molecule has 1 radical (unpaired) electrons. The number of benzene rings is 1. The monoisotopic (exact) mass is 175 g/mol. The van der Waals surface area contributed by atoms with Gasteiger partial charge in [0.05, 0.1) is 5.69 Å². The molecule has 0 amide bonds. The Labute approximate surface area is 79.6 Å². The van der Waals surface area contributed by atoms with E-state index in [1.165, 1.54) is 17.7 Å². The molecule has 0 aliphatic carbocycles. The lowest BCUT2D eigenvalue weighted by atomic mass is 10.1. The first kappa shape index (κ1) is 8.57. The first-order valence-corrected chi connectivity index (χ1v) is 4.80. The average molecular weight is 175 g/mol. The molecule has 0 saturated carbocycles. The van der Waals surface area contributed by atoms with Crippen molar-refractivity contribution in [1.29, 1.82) is 0 Å². The maximum atomic E-state index is 4.55. The summed E-state index contributed by atoms with van der Waals surface area (Å²) in [5.41, 5.74) is 2.53. The molecule has 0 spiro atoms. The van der Waals surface area contributed by atoms with Crippen LogP contribution in [0, 0.1) is 0 Å². The Morgan fingerprint density at radius 3 is 3.08 bits per heavy atom. The third-order valence-electron chi connectivity index (χ3n) is 2.41. The second-order valence-corrected chi connectivity index (χ2v) is 3.60. The van der Waals surface area contributed by atoms with Gasteiger partial charge in [0.2, 0.25) is 0 Å². The van der Waals surface area contributed by atoms with Crippen molar-refractivity contribution >= 4 is 5.69 Å². The zero-order valence-corrected chi connectivity index (χ0v) is 8.03. The van der Waals surface area contributed by atoms with Crippen LogP contribution in [-0.2, 0) is 6.54 Å². The van der Waals surface area contributed by atoms with Gasteiger partial charge in [-0.25, -0.2) is 0 Å². The van der Waals surface area contributed by atoms with E-state index in [9.17, 15) is 0 Å². The summed E-state index contributed by atoms with van der Waals surface area (Å²) >= 11 is 0. The average Bonchev–Trinajstić information content (AvgIpc) is 2.11. The molecule has 1 aliphatic heterocycles. The highest BCUT2D eigenvalue weighted by Gasteiger charge is 2.08. The van der Waals surface area contributed by atoms with Gasteiger partial charge in [0.15, 0.2) is 0 Å². The molecular weight excluding hydrogens is 160 g/mol. The summed E-state index contributed by atoms with van der Waals surface area (Å²) in [6, 6.07) is 8.42. The van der Waals surface area contributed by atoms with Crippen molar-refractivity contribution in [3.63, 3.8) is 0 Å². The van der Waals surface area contributed by atoms with Gasteiger partial charge in [-0.1, -0.05) is 18.2 Å². The van der Waals surface area contributed by atoms with Crippen molar-refractivity contribution in [2.24, 2.45) is 0 Å². The summed E-state index contributed by atoms with van der Waals surface area (Å²) in [6.45, 7) is 3.14. The third-order valence-corrected chi connectivity index (χ3v) is 2.41. The maximum absolute atomic E-state index is 4.55. The standard InChI is InChI=1S/C11H15N2/c1-13-8-4-7-12-11-6-3-2-5-10(11)9-13/h2-3,5-6H,4,7-9H2,1H3. The number of hydrogen-bond acceptors (Lipinski definition) is 1. The van der Waals surface area contributed by atoms with Crippen LogP contribution in [0.3, 0.4) is 0 Å². The van der Waals surface area contributed by atoms with Gasteiger partial charge in [-0.05, 0) is 31.6 Å². The lowest BCUT2D eigenvalue weighted by Crippen LogP contribution is -2.24. The van der Waals surface area contributed by atoms with Crippen LogP contribution in [0.2, 0.25) is 0 Å². The van der Waals surface area contributed by atoms with E-state index in [0.717, 1.165) is 19.6 Å². The summed E-state index contributed by atoms with van der Waals surface area (Å²) in [5.74, 6) is 0. The SMILES string of the molecule is CN1CCC[N]c2ccccc2C1. The largest absolute Gasteiger partial charge is 0.302 e. The maximum Gasteiger partial charge on any atom is 0.0619 e. The number of hydrogen-bond donors (Lipinski definition) is 0. The molecule has 1 aromatic rings. The molecule has 0 fully saturated rings. The minimum atomic E-state index is 0.960. The molecule has 2 rings (SSSR count). The van der Waals surface area contributed by atoms with Gasteiger partial charge in [0.1, 0.15) is 0 Å². The lowest BCUT2D eigenvalue weighted by molar-refractivity contribution is 0.315. The van der Waals surface area contributed by atoms with Gasteiger partial charge in [-0.15, -0.1) is 0 Å². The molecule has 69 valence electrons. The van der Waals surface area contributed by atoms with Gasteiger partial charge in [0.25, 0.3) is 0 Å². The molecule has 0 atom stereocenters. The molecule has 0 N–H and O–H groups in total. The van der Waals surface area contributed by atoms with E-state index in [1.807, 2.05) is 0 Å². The fourth-order valence-corrected chi connectivity index (χ4v) is 1.71. The Morgan fingerprint density at radius 1 is 1.31 bits per heavy atom. The lowest BCUT2D eigenvalue weighted by Gasteiger charge is -2.21. The molecule has 0 unspecified atom stereocenters. The van der Waals surface area contributed by atoms with Crippen LogP contribution in [0.4, 0.5) is 5.69 Å². The Hall–Kier alpha value is -1.02. The van der Waals surface area contributed by atoms with Crippen LogP contribution in [0.25, 0.3) is 0 Å². The van der Waals surface area contributed by atoms with Crippen LogP contribution < -0.4 is 5.32 Å². The topological polar surface area (TPSA) is 17.3 Å². The van der Waals surface area contributed by atoms with Gasteiger partial charge >= 0.3 is 0 Å². The molecule has 2 heteroatoms. The Morgan fingerprint density at radius 2 is 2.15 bits per heavy atom. The van der Waals surface area contributed by atoms with Gasteiger partial charge in [-0.3, -0.25) is 5.32 Å². The molecule has 0 bridgehead atoms. The minimum Gasteiger partial charge on any atom is -0.302 e. The fourth-order valence-electron chi connectivity index (χ4n) is 1.71. The number of fused-ring (bicyclic) bond motifs is 1. The van der Waals surface area contributed by atoms with E-state index < -0.39 is 0 Å². The van der Waals surface area contributed by atoms with E-state index in [4.69, 9.17) is 0 Å². The highest BCUT2D eigenvalue weighted by Crippen LogP contribution is 2.18. The minimum absolute atomic E-state index is 0.960. The fraction of sp³-hybridized carbons (Fsp3) is 0.455. The van der Waals surface area contributed by atoms with Crippen molar-refractivity contribution in [3.05, 3.63) is 29.8 Å². The van der Waals surface area contributed by atoms with Crippen molar-refractivity contribution in [1.82, 2.24) is 10.2 Å². The second-order valence-electron chi connectivity index (χ2n) is 3.60. The number of para-hydroxylation sites is 1. The summed E-state index contributed by atoms with van der Waals surface area (Å²) < 4.78 is 0.